The number of hydrogen-bond acceptors (Lipinski definition) is 6. The van der Waals surface area contributed by atoms with Crippen LogP contribution in [0.25, 0.3) is 22.3 Å². The van der Waals surface area contributed by atoms with Gasteiger partial charge in [-0.3, -0.25) is 9.78 Å². The Balaban J connectivity index is 1.88. The smallest absolute Gasteiger partial charge is 0.253 e. The van der Waals surface area contributed by atoms with Crippen LogP contribution >= 0.6 is 0 Å². The van der Waals surface area contributed by atoms with Crippen LogP contribution in [0.3, 0.4) is 0 Å². The van der Waals surface area contributed by atoms with Crippen molar-refractivity contribution in [1.29, 1.82) is 0 Å². The number of para-hydroxylation sites is 1. The van der Waals surface area contributed by atoms with Crippen LogP contribution in [0.4, 0.5) is 11.5 Å². The van der Waals surface area contributed by atoms with Crippen LogP contribution in [-0.2, 0) is 0 Å². The first-order chi connectivity index (χ1) is 14.7. The van der Waals surface area contributed by atoms with E-state index in [0.717, 1.165) is 22.2 Å². The van der Waals surface area contributed by atoms with E-state index in [1.165, 1.54) is 0 Å². The Labute approximate surface area is 174 Å². The number of amides is 1. The highest BCUT2D eigenvalue weighted by molar-refractivity contribution is 6.01. The third-order valence-corrected chi connectivity index (χ3v) is 4.55. The van der Waals surface area contributed by atoms with E-state index in [1.54, 1.807) is 25.5 Å². The molecule has 0 atom stereocenters. The second kappa shape index (κ2) is 8.57. The standard InChI is InChI=1S/C23H21N5O2/c1-3-30-16-10-11-20-18(13-16)22(28-21(26-20)15-7-6-12-25-14-15)27-19-9-5-4-8-17(19)23(29)24-2/h4-14H,3H2,1-2H3,(H,24,29)(H,26,27,28). The molecule has 4 aromatic rings. The SMILES string of the molecule is CCOc1ccc2nc(-c3cccnc3)nc(Nc3ccccc3C(=O)NC)c2c1. The van der Waals surface area contributed by atoms with Gasteiger partial charge in [-0.25, -0.2) is 9.97 Å². The van der Waals surface area contributed by atoms with E-state index < -0.39 is 0 Å². The predicted octanol–water partition coefficient (Wildman–Crippen LogP) is 4.19. The summed E-state index contributed by atoms with van der Waals surface area (Å²) in [5.74, 6) is 1.67. The molecule has 4 rings (SSSR count). The highest BCUT2D eigenvalue weighted by Crippen LogP contribution is 2.31. The number of benzene rings is 2. The van der Waals surface area contributed by atoms with E-state index in [1.807, 2.05) is 55.5 Å². The van der Waals surface area contributed by atoms with Gasteiger partial charge in [-0.1, -0.05) is 12.1 Å². The molecule has 30 heavy (non-hydrogen) atoms. The summed E-state index contributed by atoms with van der Waals surface area (Å²) < 4.78 is 5.66. The lowest BCUT2D eigenvalue weighted by Crippen LogP contribution is -2.19. The van der Waals surface area contributed by atoms with Crippen LogP contribution < -0.4 is 15.4 Å². The van der Waals surface area contributed by atoms with Gasteiger partial charge in [-0.2, -0.15) is 0 Å². The summed E-state index contributed by atoms with van der Waals surface area (Å²) in [6, 6.07) is 16.7. The van der Waals surface area contributed by atoms with Crippen molar-refractivity contribution in [1.82, 2.24) is 20.3 Å². The van der Waals surface area contributed by atoms with E-state index in [2.05, 4.69) is 15.6 Å². The summed E-state index contributed by atoms with van der Waals surface area (Å²) in [5.41, 5.74) is 2.73. The number of carbonyl (C=O) groups is 1. The number of carbonyl (C=O) groups excluding carboxylic acids is 1. The molecule has 0 bridgehead atoms. The second-order valence-electron chi connectivity index (χ2n) is 6.50. The minimum Gasteiger partial charge on any atom is -0.494 e. The fourth-order valence-electron chi connectivity index (χ4n) is 3.14. The molecule has 0 spiro atoms. The molecule has 0 radical (unpaired) electrons. The van der Waals surface area contributed by atoms with Gasteiger partial charge in [-0.05, 0) is 49.4 Å². The molecule has 2 aromatic carbocycles. The van der Waals surface area contributed by atoms with Crippen molar-refractivity contribution in [3.05, 3.63) is 72.6 Å². The maximum atomic E-state index is 12.3. The predicted molar refractivity (Wildman–Crippen MR) is 117 cm³/mol. The third-order valence-electron chi connectivity index (χ3n) is 4.55. The molecule has 150 valence electrons. The van der Waals surface area contributed by atoms with E-state index >= 15 is 0 Å². The average Bonchev–Trinajstić information content (AvgIpc) is 2.80. The minimum absolute atomic E-state index is 0.182. The van der Waals surface area contributed by atoms with E-state index in [0.29, 0.717) is 29.5 Å². The van der Waals surface area contributed by atoms with Gasteiger partial charge in [-0.15, -0.1) is 0 Å². The summed E-state index contributed by atoms with van der Waals surface area (Å²) in [6.45, 7) is 2.49. The van der Waals surface area contributed by atoms with Gasteiger partial charge in [0.25, 0.3) is 5.91 Å². The Hall–Kier alpha value is -4.00. The quantitative estimate of drug-likeness (QED) is 0.505. The first kappa shape index (κ1) is 19.3. The molecule has 0 aliphatic heterocycles. The van der Waals surface area contributed by atoms with Gasteiger partial charge in [0.05, 0.1) is 23.4 Å². The zero-order chi connectivity index (χ0) is 20.9. The van der Waals surface area contributed by atoms with Crippen LogP contribution in [-0.4, -0.2) is 34.5 Å². The summed E-state index contributed by atoms with van der Waals surface area (Å²) in [7, 11) is 1.61. The number of hydrogen-bond donors (Lipinski definition) is 2. The monoisotopic (exact) mass is 399 g/mol. The topological polar surface area (TPSA) is 89.0 Å². The maximum absolute atomic E-state index is 12.3. The van der Waals surface area contributed by atoms with Crippen LogP contribution in [0.5, 0.6) is 5.75 Å². The molecular formula is C23H21N5O2. The first-order valence-corrected chi connectivity index (χ1v) is 9.62. The van der Waals surface area contributed by atoms with Gasteiger partial charge in [0.15, 0.2) is 5.82 Å². The Kier molecular flexibility index (Phi) is 5.52. The lowest BCUT2D eigenvalue weighted by atomic mass is 10.1. The van der Waals surface area contributed by atoms with Crippen molar-refractivity contribution in [3.8, 4) is 17.1 Å². The molecule has 0 saturated heterocycles. The third kappa shape index (κ3) is 3.91. The molecule has 0 saturated carbocycles. The summed E-state index contributed by atoms with van der Waals surface area (Å²) in [6.07, 6.45) is 3.43. The fourth-order valence-corrected chi connectivity index (χ4v) is 3.14. The average molecular weight is 399 g/mol. The second-order valence-corrected chi connectivity index (χ2v) is 6.50. The molecule has 7 nitrogen and oxygen atoms in total. The molecular weight excluding hydrogens is 378 g/mol. The maximum Gasteiger partial charge on any atom is 0.253 e. The Morgan fingerprint density at radius 2 is 1.93 bits per heavy atom. The molecule has 0 aliphatic rings. The molecule has 7 heteroatoms. The first-order valence-electron chi connectivity index (χ1n) is 9.62. The number of fused-ring (bicyclic) bond motifs is 1. The van der Waals surface area contributed by atoms with Gasteiger partial charge < -0.3 is 15.4 Å². The highest BCUT2D eigenvalue weighted by Gasteiger charge is 2.14. The van der Waals surface area contributed by atoms with Crippen molar-refractivity contribution < 1.29 is 9.53 Å². The van der Waals surface area contributed by atoms with Crippen molar-refractivity contribution in [3.63, 3.8) is 0 Å². The fraction of sp³-hybridized carbons (Fsp3) is 0.130. The molecule has 2 N–H and O–H groups in total. The molecule has 0 unspecified atom stereocenters. The van der Waals surface area contributed by atoms with Crippen molar-refractivity contribution in [2.45, 2.75) is 6.92 Å². The molecule has 2 heterocycles. The summed E-state index contributed by atoms with van der Waals surface area (Å²) in [5, 5.41) is 6.78. The van der Waals surface area contributed by atoms with E-state index in [4.69, 9.17) is 14.7 Å². The number of nitrogens with zero attached hydrogens (tertiary/aromatic N) is 3. The Morgan fingerprint density at radius 3 is 2.70 bits per heavy atom. The number of ether oxygens (including phenoxy) is 1. The van der Waals surface area contributed by atoms with Gasteiger partial charge in [0, 0.05) is 30.4 Å². The van der Waals surface area contributed by atoms with Crippen LogP contribution in [0.1, 0.15) is 17.3 Å². The number of nitrogens with one attached hydrogen (secondary N) is 2. The minimum atomic E-state index is -0.182. The molecule has 2 aromatic heterocycles. The zero-order valence-electron chi connectivity index (χ0n) is 16.7. The largest absolute Gasteiger partial charge is 0.494 e. The van der Waals surface area contributed by atoms with E-state index in [9.17, 15) is 4.79 Å². The lowest BCUT2D eigenvalue weighted by molar-refractivity contribution is 0.0964. The van der Waals surface area contributed by atoms with Gasteiger partial charge in [0.1, 0.15) is 11.6 Å². The summed E-state index contributed by atoms with van der Waals surface area (Å²) >= 11 is 0. The Bertz CT molecular complexity index is 1190. The number of pyridine rings is 1. The van der Waals surface area contributed by atoms with Crippen molar-refractivity contribution >= 4 is 28.3 Å². The van der Waals surface area contributed by atoms with Gasteiger partial charge in [0.2, 0.25) is 0 Å². The molecule has 0 aliphatic carbocycles. The van der Waals surface area contributed by atoms with Crippen molar-refractivity contribution in [2.24, 2.45) is 0 Å². The van der Waals surface area contributed by atoms with Crippen LogP contribution in [0.2, 0.25) is 0 Å². The van der Waals surface area contributed by atoms with Crippen LogP contribution in [0.15, 0.2) is 67.0 Å². The number of aromatic nitrogens is 3. The highest BCUT2D eigenvalue weighted by atomic mass is 16.5. The number of anilines is 2. The Morgan fingerprint density at radius 1 is 1.07 bits per heavy atom. The molecule has 0 fully saturated rings. The molecule has 1 amide bonds. The zero-order valence-corrected chi connectivity index (χ0v) is 16.7. The van der Waals surface area contributed by atoms with E-state index in [-0.39, 0.29) is 5.91 Å². The summed E-state index contributed by atoms with van der Waals surface area (Å²) in [4.78, 5) is 25.9. The van der Waals surface area contributed by atoms with Crippen LogP contribution in [0, 0.1) is 0 Å². The van der Waals surface area contributed by atoms with Gasteiger partial charge >= 0.3 is 0 Å². The van der Waals surface area contributed by atoms with Crippen molar-refractivity contribution in [2.75, 3.05) is 19.0 Å². The lowest BCUT2D eigenvalue weighted by Gasteiger charge is -2.14. The normalized spacial score (nSPS) is 10.6. The number of rotatable bonds is 6.